The highest BCUT2D eigenvalue weighted by Gasteiger charge is 2.16. The second kappa shape index (κ2) is 11.8. The number of non-ortho nitro benzene ring substituents is 1. The van der Waals surface area contributed by atoms with Gasteiger partial charge >= 0.3 is 0 Å². The van der Waals surface area contributed by atoms with Crippen LogP contribution in [0.15, 0.2) is 65.7 Å². The number of rotatable bonds is 11. The second-order valence-electron chi connectivity index (χ2n) is 7.63. The zero-order chi connectivity index (χ0) is 25.3. The van der Waals surface area contributed by atoms with Gasteiger partial charge in [-0.3, -0.25) is 14.9 Å². The van der Waals surface area contributed by atoms with E-state index in [9.17, 15) is 23.3 Å². The summed E-state index contributed by atoms with van der Waals surface area (Å²) in [7, 11) is -3.96. The van der Waals surface area contributed by atoms with Crippen LogP contribution in [0.25, 0.3) is 12.2 Å². The number of hydrogen-bond acceptors (Lipinski definition) is 7. The summed E-state index contributed by atoms with van der Waals surface area (Å²) in [6, 6.07) is 13.5. The van der Waals surface area contributed by atoms with Crippen molar-refractivity contribution >= 4 is 45.4 Å². The van der Waals surface area contributed by atoms with Crippen molar-refractivity contribution in [2.45, 2.75) is 37.5 Å². The molecule has 0 saturated heterocycles. The van der Waals surface area contributed by atoms with E-state index < -0.39 is 14.9 Å². The first kappa shape index (κ1) is 25.5. The number of carbonyl (C=O) groups excluding carboxylic acids is 1. The maximum Gasteiger partial charge on any atom is 0.270 e. The SMILES string of the molecule is CCCCCC(=O)Nc1ccc(S(=O)(=O)Nc2nccc(C=Cc3cccc([N+](=O)[O-])c3)n2)cc1. The number of nitrogens with zero attached hydrogens (tertiary/aromatic N) is 3. The summed E-state index contributed by atoms with van der Waals surface area (Å²) in [5.74, 6) is -0.241. The monoisotopic (exact) mass is 495 g/mol. The molecule has 0 aliphatic heterocycles. The van der Waals surface area contributed by atoms with Gasteiger partial charge in [0.2, 0.25) is 11.9 Å². The van der Waals surface area contributed by atoms with Crippen LogP contribution in [0.2, 0.25) is 0 Å². The summed E-state index contributed by atoms with van der Waals surface area (Å²) in [4.78, 5) is 30.5. The Balaban J connectivity index is 1.66. The quantitative estimate of drug-likeness (QED) is 0.219. The number of nitro groups is 1. The van der Waals surface area contributed by atoms with E-state index >= 15 is 0 Å². The molecule has 0 radical (unpaired) electrons. The van der Waals surface area contributed by atoms with E-state index in [2.05, 4.69) is 26.9 Å². The zero-order valence-electron chi connectivity index (χ0n) is 19.0. The number of sulfonamides is 1. The van der Waals surface area contributed by atoms with Crippen LogP contribution in [0.4, 0.5) is 17.3 Å². The number of nitro benzene ring substituents is 1. The molecule has 2 aromatic carbocycles. The smallest absolute Gasteiger partial charge is 0.270 e. The molecular formula is C24H25N5O5S. The largest absolute Gasteiger partial charge is 0.326 e. The van der Waals surface area contributed by atoms with Crippen LogP contribution < -0.4 is 10.0 Å². The molecule has 1 aromatic heterocycles. The number of hydrogen-bond donors (Lipinski definition) is 2. The highest BCUT2D eigenvalue weighted by Crippen LogP contribution is 2.18. The minimum absolute atomic E-state index is 0.0115. The molecule has 1 heterocycles. The lowest BCUT2D eigenvalue weighted by Gasteiger charge is -2.09. The van der Waals surface area contributed by atoms with Crippen molar-refractivity contribution in [3.8, 4) is 0 Å². The van der Waals surface area contributed by atoms with Crippen LogP contribution in [-0.2, 0) is 14.8 Å². The van der Waals surface area contributed by atoms with Gasteiger partial charge < -0.3 is 5.32 Å². The van der Waals surface area contributed by atoms with Gasteiger partial charge in [-0.2, -0.15) is 0 Å². The van der Waals surface area contributed by atoms with E-state index in [0.717, 1.165) is 19.3 Å². The van der Waals surface area contributed by atoms with Gasteiger partial charge in [-0.1, -0.05) is 38.0 Å². The highest BCUT2D eigenvalue weighted by molar-refractivity contribution is 7.92. The summed E-state index contributed by atoms with van der Waals surface area (Å²) in [6.07, 6.45) is 7.84. The Morgan fingerprint density at radius 3 is 2.57 bits per heavy atom. The molecule has 35 heavy (non-hydrogen) atoms. The normalized spacial score (nSPS) is 11.3. The predicted octanol–water partition coefficient (Wildman–Crippen LogP) is 4.87. The number of aromatic nitrogens is 2. The molecule has 182 valence electrons. The average Bonchev–Trinajstić information content (AvgIpc) is 2.83. The van der Waals surface area contributed by atoms with Crippen LogP contribution in [-0.4, -0.2) is 29.2 Å². The molecule has 0 bridgehead atoms. The van der Waals surface area contributed by atoms with Crippen molar-refractivity contribution in [3.63, 3.8) is 0 Å². The maximum absolute atomic E-state index is 12.7. The fourth-order valence-corrected chi connectivity index (χ4v) is 4.04. The van der Waals surface area contributed by atoms with Crippen LogP contribution in [0.5, 0.6) is 0 Å². The van der Waals surface area contributed by atoms with Crippen LogP contribution >= 0.6 is 0 Å². The van der Waals surface area contributed by atoms with Gasteiger partial charge in [0, 0.05) is 30.4 Å². The molecule has 0 unspecified atom stereocenters. The van der Waals surface area contributed by atoms with E-state index in [4.69, 9.17) is 0 Å². The summed E-state index contributed by atoms with van der Waals surface area (Å²) in [5, 5.41) is 13.7. The highest BCUT2D eigenvalue weighted by atomic mass is 32.2. The minimum Gasteiger partial charge on any atom is -0.326 e. The summed E-state index contributed by atoms with van der Waals surface area (Å²) in [5.41, 5.74) is 1.48. The first-order chi connectivity index (χ1) is 16.8. The lowest BCUT2D eigenvalue weighted by molar-refractivity contribution is -0.384. The molecule has 0 atom stereocenters. The number of amides is 1. The number of anilines is 2. The van der Waals surface area contributed by atoms with Gasteiger partial charge in [0.1, 0.15) is 0 Å². The third-order valence-corrected chi connectivity index (χ3v) is 6.23. The fourth-order valence-electron chi connectivity index (χ4n) is 3.09. The van der Waals surface area contributed by atoms with Crippen LogP contribution in [0.3, 0.4) is 0 Å². The molecule has 3 rings (SSSR count). The number of unbranched alkanes of at least 4 members (excludes halogenated alkanes) is 2. The Hall–Kier alpha value is -4.12. The van der Waals surface area contributed by atoms with E-state index in [-0.39, 0.29) is 22.4 Å². The van der Waals surface area contributed by atoms with Gasteiger partial charge in [0.25, 0.3) is 15.7 Å². The van der Waals surface area contributed by atoms with E-state index in [0.29, 0.717) is 23.4 Å². The third kappa shape index (κ3) is 7.71. The molecule has 11 heteroatoms. The first-order valence-corrected chi connectivity index (χ1v) is 12.4. The number of nitrogens with one attached hydrogen (secondary N) is 2. The lowest BCUT2D eigenvalue weighted by Crippen LogP contribution is -2.15. The Morgan fingerprint density at radius 1 is 1.09 bits per heavy atom. The van der Waals surface area contributed by atoms with Gasteiger partial charge in [-0.05, 0) is 48.4 Å². The summed E-state index contributed by atoms with van der Waals surface area (Å²) >= 11 is 0. The van der Waals surface area contributed by atoms with Gasteiger partial charge in [-0.25, -0.2) is 23.1 Å². The molecule has 0 aliphatic rings. The van der Waals surface area contributed by atoms with Gasteiger partial charge in [0.15, 0.2) is 0 Å². The fraction of sp³-hybridized carbons (Fsp3) is 0.208. The summed E-state index contributed by atoms with van der Waals surface area (Å²) in [6.45, 7) is 2.06. The Bertz CT molecular complexity index is 1320. The van der Waals surface area contributed by atoms with E-state index in [1.165, 1.54) is 42.6 Å². The number of carbonyl (C=O) groups is 1. The molecular weight excluding hydrogens is 470 g/mol. The van der Waals surface area contributed by atoms with Crippen molar-refractivity contribution in [2.24, 2.45) is 0 Å². The molecule has 1 amide bonds. The molecule has 0 fully saturated rings. The Kier molecular flexibility index (Phi) is 8.63. The molecule has 2 N–H and O–H groups in total. The maximum atomic E-state index is 12.7. The molecule has 0 saturated carbocycles. The standard InChI is InChI=1S/C24H25N5O5S/c1-2-3-4-8-23(30)26-19-11-13-22(14-12-19)35(33,34)28-24-25-16-15-20(27-24)10-9-18-6-5-7-21(17-18)29(31)32/h5-7,9-17H,2-4,8H2,1H3,(H,26,30)(H,25,27,28). The van der Waals surface area contributed by atoms with Crippen molar-refractivity contribution in [2.75, 3.05) is 10.0 Å². The average molecular weight is 496 g/mol. The topological polar surface area (TPSA) is 144 Å². The van der Waals surface area contributed by atoms with Crippen LogP contribution in [0.1, 0.15) is 43.9 Å². The molecule has 0 spiro atoms. The van der Waals surface area contributed by atoms with Crippen molar-refractivity contribution in [3.05, 3.63) is 82.2 Å². The molecule has 10 nitrogen and oxygen atoms in total. The van der Waals surface area contributed by atoms with Crippen LogP contribution in [0, 0.1) is 10.1 Å². The van der Waals surface area contributed by atoms with Gasteiger partial charge in [-0.15, -0.1) is 0 Å². The van der Waals surface area contributed by atoms with E-state index in [1.54, 1.807) is 30.4 Å². The lowest BCUT2D eigenvalue weighted by atomic mass is 10.2. The Labute approximate surface area is 203 Å². The van der Waals surface area contributed by atoms with E-state index in [1.807, 2.05) is 0 Å². The Morgan fingerprint density at radius 2 is 1.86 bits per heavy atom. The first-order valence-electron chi connectivity index (χ1n) is 10.9. The van der Waals surface area contributed by atoms with Crippen molar-refractivity contribution in [1.82, 2.24) is 9.97 Å². The predicted molar refractivity (Wildman–Crippen MR) is 134 cm³/mol. The summed E-state index contributed by atoms with van der Waals surface area (Å²) < 4.78 is 27.8. The van der Waals surface area contributed by atoms with Crippen molar-refractivity contribution in [1.29, 1.82) is 0 Å². The molecule has 3 aromatic rings. The van der Waals surface area contributed by atoms with Crippen molar-refractivity contribution < 1.29 is 18.1 Å². The zero-order valence-corrected chi connectivity index (χ0v) is 19.9. The number of benzene rings is 2. The molecule has 0 aliphatic carbocycles. The third-order valence-electron chi connectivity index (χ3n) is 4.89. The minimum atomic E-state index is -3.96. The van der Waals surface area contributed by atoms with Gasteiger partial charge in [0.05, 0.1) is 15.5 Å². The second-order valence-corrected chi connectivity index (χ2v) is 9.31.